The van der Waals surface area contributed by atoms with E-state index in [4.69, 9.17) is 0 Å². The van der Waals surface area contributed by atoms with E-state index in [1.165, 1.54) is 0 Å². The second kappa shape index (κ2) is 7.33. The van der Waals surface area contributed by atoms with Gasteiger partial charge in [0.1, 0.15) is 0 Å². The van der Waals surface area contributed by atoms with E-state index in [1.807, 2.05) is 30.3 Å². The zero-order chi connectivity index (χ0) is 11.8. The molecule has 0 aliphatic rings. The van der Waals surface area contributed by atoms with Crippen molar-refractivity contribution < 1.29 is 4.48 Å². The van der Waals surface area contributed by atoms with E-state index in [1.54, 1.807) is 18.2 Å². The molecule has 0 saturated carbocycles. The summed E-state index contributed by atoms with van der Waals surface area (Å²) in [6.07, 6.45) is 4.89. The Morgan fingerprint density at radius 1 is 1.25 bits per heavy atom. The fraction of sp³-hybridized carbons (Fsp3) is 0. The highest BCUT2D eigenvalue weighted by Crippen LogP contribution is 2.33. The largest absolute Gasteiger partial charge is 0.110 e. The van der Waals surface area contributed by atoms with Crippen molar-refractivity contribution in [1.29, 1.82) is 0 Å². The van der Waals surface area contributed by atoms with E-state index in [9.17, 15) is 4.48 Å². The van der Waals surface area contributed by atoms with Crippen LogP contribution >= 0.6 is 23.9 Å². The van der Waals surface area contributed by atoms with Crippen LogP contribution in [0.25, 0.3) is 0 Å². The molecule has 16 heavy (non-hydrogen) atoms. The minimum absolute atomic E-state index is 0.590. The summed E-state index contributed by atoms with van der Waals surface area (Å²) >= 11 is 1.99. The minimum atomic E-state index is 0.590. The maximum Gasteiger partial charge on any atom is 0.0264 e. The van der Waals surface area contributed by atoms with Crippen molar-refractivity contribution in [1.82, 2.24) is 3.93 Å². The predicted molar refractivity (Wildman–Crippen MR) is 71.3 cm³/mol. The average Bonchev–Trinajstić information content (AvgIpc) is 2.29. The van der Waals surface area contributed by atoms with Crippen LogP contribution in [-0.2, 0) is 0 Å². The number of benzene rings is 1. The van der Waals surface area contributed by atoms with E-state index < -0.39 is 0 Å². The van der Waals surface area contributed by atoms with E-state index in [2.05, 4.69) is 13.2 Å². The van der Waals surface area contributed by atoms with Gasteiger partial charge in [-0.1, -0.05) is 43.5 Å². The molecule has 1 nitrogen and oxygen atoms in total. The van der Waals surface area contributed by atoms with Gasteiger partial charge in [-0.3, -0.25) is 0 Å². The van der Waals surface area contributed by atoms with Crippen molar-refractivity contribution in [2.24, 2.45) is 0 Å². The van der Waals surface area contributed by atoms with Crippen molar-refractivity contribution >= 4 is 23.9 Å². The van der Waals surface area contributed by atoms with Crippen molar-refractivity contribution in [3.05, 3.63) is 66.6 Å². The first-order chi connectivity index (χ1) is 7.76. The first kappa shape index (κ1) is 13.1. The zero-order valence-corrected chi connectivity index (χ0v) is 10.3. The third-order valence-electron chi connectivity index (χ3n) is 1.58. The van der Waals surface area contributed by atoms with Gasteiger partial charge in [-0.25, -0.2) is 0 Å². The van der Waals surface area contributed by atoms with E-state index in [-0.39, 0.29) is 0 Å². The average molecular weight is 253 g/mol. The smallest absolute Gasteiger partial charge is 0.0264 e. The van der Waals surface area contributed by atoms with Gasteiger partial charge in [-0.2, -0.15) is 0 Å². The summed E-state index contributed by atoms with van der Waals surface area (Å²) in [6.45, 7) is 7.15. The van der Waals surface area contributed by atoms with Crippen LogP contribution in [-0.4, -0.2) is 3.93 Å². The SMILES string of the molecule is C=C/C=C(\C=C)SN(F)Sc1ccccc1. The van der Waals surface area contributed by atoms with Crippen molar-refractivity contribution in [3.8, 4) is 0 Å². The summed E-state index contributed by atoms with van der Waals surface area (Å²) in [5.41, 5.74) is 0. The van der Waals surface area contributed by atoms with Gasteiger partial charge >= 0.3 is 0 Å². The van der Waals surface area contributed by atoms with Crippen LogP contribution in [0.2, 0.25) is 0 Å². The second-order valence-corrected chi connectivity index (χ2v) is 4.90. The Hall–Kier alpha value is -0.970. The summed E-state index contributed by atoms with van der Waals surface area (Å²) in [5.74, 6) is 0. The molecule has 0 amide bonds. The maximum atomic E-state index is 13.5. The van der Waals surface area contributed by atoms with Gasteiger partial charge < -0.3 is 0 Å². The molecular formula is C12H12FNS2. The maximum absolute atomic E-state index is 13.5. The first-order valence-electron chi connectivity index (χ1n) is 4.58. The number of hydrogen-bond donors (Lipinski definition) is 0. The Morgan fingerprint density at radius 3 is 2.50 bits per heavy atom. The van der Waals surface area contributed by atoms with Crippen LogP contribution in [0.15, 0.2) is 71.5 Å². The van der Waals surface area contributed by atoms with Gasteiger partial charge in [0.2, 0.25) is 0 Å². The normalized spacial score (nSPS) is 11.5. The molecule has 0 bridgehead atoms. The van der Waals surface area contributed by atoms with Crippen molar-refractivity contribution in [3.63, 3.8) is 0 Å². The van der Waals surface area contributed by atoms with Gasteiger partial charge in [-0.05, 0) is 22.1 Å². The number of hydrogen-bond acceptors (Lipinski definition) is 3. The Bertz CT molecular complexity index is 376. The first-order valence-corrected chi connectivity index (χ1v) is 6.13. The van der Waals surface area contributed by atoms with Crippen LogP contribution in [0.1, 0.15) is 0 Å². The van der Waals surface area contributed by atoms with Crippen LogP contribution in [0.4, 0.5) is 4.48 Å². The molecule has 0 heterocycles. The van der Waals surface area contributed by atoms with E-state index >= 15 is 0 Å². The number of allylic oxidation sites excluding steroid dienone is 3. The Kier molecular flexibility index (Phi) is 6.00. The quantitative estimate of drug-likeness (QED) is 0.408. The van der Waals surface area contributed by atoms with E-state index in [0.29, 0.717) is 8.84 Å². The standard InChI is InChI=1S/C12H12FNS2/c1-3-8-11(4-2)15-14(13)16-12-9-6-5-7-10-12/h3-10H,1-2H2/b11-8+. The number of rotatable bonds is 6. The molecule has 0 aromatic heterocycles. The molecule has 0 spiro atoms. The van der Waals surface area contributed by atoms with Crippen molar-refractivity contribution in [2.45, 2.75) is 4.90 Å². The molecule has 84 valence electrons. The second-order valence-electron chi connectivity index (χ2n) is 2.72. The molecule has 0 unspecified atom stereocenters. The third-order valence-corrected chi connectivity index (χ3v) is 3.31. The molecule has 0 saturated heterocycles. The Morgan fingerprint density at radius 2 is 1.94 bits per heavy atom. The Labute approximate surface area is 104 Å². The molecule has 1 aromatic rings. The molecule has 0 fully saturated rings. The van der Waals surface area contributed by atoms with Crippen molar-refractivity contribution in [2.75, 3.05) is 0 Å². The fourth-order valence-electron chi connectivity index (χ4n) is 0.918. The summed E-state index contributed by atoms with van der Waals surface area (Å²) in [7, 11) is 0. The summed E-state index contributed by atoms with van der Waals surface area (Å²) in [6, 6.07) is 9.33. The summed E-state index contributed by atoms with van der Waals surface area (Å²) in [5, 5.41) is 0. The minimum Gasteiger partial charge on any atom is -0.110 e. The molecule has 1 aromatic carbocycles. The molecule has 0 aliphatic carbocycles. The molecule has 0 N–H and O–H groups in total. The van der Waals surface area contributed by atoms with E-state index in [0.717, 1.165) is 28.8 Å². The van der Waals surface area contributed by atoms with Crippen LogP contribution < -0.4 is 0 Å². The van der Waals surface area contributed by atoms with Gasteiger partial charge in [0, 0.05) is 33.7 Å². The molecule has 1 rings (SSSR count). The topological polar surface area (TPSA) is 3.24 Å². The number of halogens is 1. The molecular weight excluding hydrogens is 241 g/mol. The summed E-state index contributed by atoms with van der Waals surface area (Å²) in [4.78, 5) is 1.56. The van der Waals surface area contributed by atoms with Gasteiger partial charge in [-0.15, -0.1) is 4.48 Å². The highest BCUT2D eigenvalue weighted by Gasteiger charge is 2.07. The highest BCUT2D eigenvalue weighted by atomic mass is 32.2. The lowest BCUT2D eigenvalue weighted by Crippen LogP contribution is -1.90. The fourth-order valence-corrected chi connectivity index (χ4v) is 2.43. The Balaban J connectivity index is 2.53. The molecule has 0 aliphatic heterocycles. The zero-order valence-electron chi connectivity index (χ0n) is 8.67. The van der Waals surface area contributed by atoms with Crippen LogP contribution in [0, 0.1) is 0 Å². The third kappa shape index (κ3) is 4.70. The van der Waals surface area contributed by atoms with Crippen LogP contribution in [0.5, 0.6) is 0 Å². The van der Waals surface area contributed by atoms with Gasteiger partial charge in [0.15, 0.2) is 0 Å². The monoisotopic (exact) mass is 253 g/mol. The lowest BCUT2D eigenvalue weighted by Gasteiger charge is -2.09. The summed E-state index contributed by atoms with van der Waals surface area (Å²) < 4.78 is 14.1. The highest BCUT2D eigenvalue weighted by molar-refractivity contribution is 8.13. The lowest BCUT2D eigenvalue weighted by molar-refractivity contribution is 0.304. The van der Waals surface area contributed by atoms with Crippen LogP contribution in [0.3, 0.4) is 0 Å². The number of nitrogens with zero attached hydrogens (tertiary/aromatic N) is 1. The molecule has 0 atom stereocenters. The molecule has 0 radical (unpaired) electrons. The predicted octanol–water partition coefficient (Wildman–Crippen LogP) is 4.78. The molecule has 4 heteroatoms. The lowest BCUT2D eigenvalue weighted by atomic mass is 10.4. The van der Waals surface area contributed by atoms with Gasteiger partial charge in [0.25, 0.3) is 0 Å². The van der Waals surface area contributed by atoms with Gasteiger partial charge in [0.05, 0.1) is 0 Å².